The SMILES string of the molecule is N#Cc1cnc(Cl)nc1NCC(F)(F)F. The fourth-order valence-corrected chi connectivity index (χ4v) is 0.894. The lowest BCUT2D eigenvalue weighted by molar-refractivity contribution is -0.115. The van der Waals surface area contributed by atoms with Gasteiger partial charge in [-0.3, -0.25) is 0 Å². The van der Waals surface area contributed by atoms with E-state index in [1.807, 2.05) is 5.32 Å². The molecule has 0 radical (unpaired) electrons. The van der Waals surface area contributed by atoms with Gasteiger partial charge >= 0.3 is 6.18 Å². The third-order valence-electron chi connectivity index (χ3n) is 1.34. The molecule has 0 saturated carbocycles. The molecule has 4 nitrogen and oxygen atoms in total. The molecule has 0 aliphatic heterocycles. The summed E-state index contributed by atoms with van der Waals surface area (Å²) in [6.07, 6.45) is -3.34. The number of alkyl halides is 3. The first-order valence-corrected chi connectivity index (χ1v) is 4.03. The summed E-state index contributed by atoms with van der Waals surface area (Å²) >= 11 is 5.37. The van der Waals surface area contributed by atoms with Crippen LogP contribution in [-0.2, 0) is 0 Å². The number of nitrogens with zero attached hydrogens (tertiary/aromatic N) is 3. The van der Waals surface area contributed by atoms with Crippen molar-refractivity contribution in [2.75, 3.05) is 11.9 Å². The van der Waals surface area contributed by atoms with Gasteiger partial charge in [0.25, 0.3) is 0 Å². The van der Waals surface area contributed by atoms with Gasteiger partial charge in [-0.15, -0.1) is 0 Å². The number of rotatable bonds is 2. The summed E-state index contributed by atoms with van der Waals surface area (Å²) in [6.45, 7) is -1.28. The summed E-state index contributed by atoms with van der Waals surface area (Å²) in [5.41, 5.74) is -0.0938. The van der Waals surface area contributed by atoms with Gasteiger partial charge in [0.05, 0.1) is 6.20 Å². The smallest absolute Gasteiger partial charge is 0.360 e. The van der Waals surface area contributed by atoms with Crippen molar-refractivity contribution in [3.05, 3.63) is 17.0 Å². The third-order valence-corrected chi connectivity index (χ3v) is 1.52. The molecule has 0 atom stereocenters. The maximum atomic E-state index is 11.9. The number of anilines is 1. The minimum atomic E-state index is -4.38. The van der Waals surface area contributed by atoms with E-state index >= 15 is 0 Å². The Morgan fingerprint density at radius 1 is 1.53 bits per heavy atom. The second kappa shape index (κ2) is 4.31. The fourth-order valence-electron chi connectivity index (χ4n) is 0.761. The van der Waals surface area contributed by atoms with Crippen molar-refractivity contribution in [3.63, 3.8) is 0 Å². The maximum Gasteiger partial charge on any atom is 0.405 e. The van der Waals surface area contributed by atoms with E-state index < -0.39 is 12.7 Å². The molecule has 0 aliphatic rings. The lowest BCUT2D eigenvalue weighted by Crippen LogP contribution is -2.22. The summed E-state index contributed by atoms with van der Waals surface area (Å²) in [7, 11) is 0. The first-order valence-electron chi connectivity index (χ1n) is 3.65. The Balaban J connectivity index is 2.85. The quantitative estimate of drug-likeness (QED) is 0.798. The van der Waals surface area contributed by atoms with E-state index in [2.05, 4.69) is 9.97 Å². The van der Waals surface area contributed by atoms with Gasteiger partial charge in [0, 0.05) is 0 Å². The normalized spacial score (nSPS) is 10.9. The molecule has 0 fully saturated rings. The van der Waals surface area contributed by atoms with Gasteiger partial charge in [-0.05, 0) is 11.6 Å². The zero-order valence-electron chi connectivity index (χ0n) is 7.14. The van der Waals surface area contributed by atoms with Gasteiger partial charge in [0.1, 0.15) is 24.0 Å². The van der Waals surface area contributed by atoms with E-state index in [0.717, 1.165) is 6.20 Å². The number of halogens is 4. The van der Waals surface area contributed by atoms with Crippen molar-refractivity contribution in [1.82, 2.24) is 9.97 Å². The fraction of sp³-hybridized carbons (Fsp3) is 0.286. The second-order valence-corrected chi connectivity index (χ2v) is 2.82. The average molecular weight is 237 g/mol. The summed E-state index contributed by atoms with van der Waals surface area (Å²) in [5, 5.41) is 10.3. The van der Waals surface area contributed by atoms with Crippen LogP contribution in [0.2, 0.25) is 5.28 Å². The molecule has 1 aromatic rings. The van der Waals surface area contributed by atoms with E-state index in [1.54, 1.807) is 6.07 Å². The van der Waals surface area contributed by atoms with E-state index in [9.17, 15) is 13.2 Å². The Morgan fingerprint density at radius 2 is 2.20 bits per heavy atom. The topological polar surface area (TPSA) is 61.6 Å². The Kier molecular flexibility index (Phi) is 3.31. The van der Waals surface area contributed by atoms with Crippen molar-refractivity contribution in [1.29, 1.82) is 5.26 Å². The van der Waals surface area contributed by atoms with Crippen LogP contribution in [0.15, 0.2) is 6.20 Å². The van der Waals surface area contributed by atoms with Gasteiger partial charge < -0.3 is 5.32 Å². The zero-order chi connectivity index (χ0) is 11.5. The molecular weight excluding hydrogens is 233 g/mol. The molecule has 8 heteroatoms. The number of hydrogen-bond donors (Lipinski definition) is 1. The Morgan fingerprint density at radius 3 is 2.73 bits per heavy atom. The summed E-state index contributed by atoms with van der Waals surface area (Å²) in [4.78, 5) is 6.93. The van der Waals surface area contributed by atoms with E-state index in [0.29, 0.717) is 0 Å². The molecule has 1 rings (SSSR count). The first kappa shape index (κ1) is 11.5. The third kappa shape index (κ3) is 3.59. The second-order valence-electron chi connectivity index (χ2n) is 2.48. The van der Waals surface area contributed by atoms with Crippen LogP contribution >= 0.6 is 11.6 Å². The van der Waals surface area contributed by atoms with E-state index in [4.69, 9.17) is 16.9 Å². The monoisotopic (exact) mass is 236 g/mol. The summed E-state index contributed by atoms with van der Waals surface area (Å²) in [6, 6.07) is 1.65. The molecule has 0 aromatic carbocycles. The molecule has 0 aliphatic carbocycles. The van der Waals surface area contributed by atoms with Crippen LogP contribution in [0.4, 0.5) is 19.0 Å². The van der Waals surface area contributed by atoms with Gasteiger partial charge in [-0.25, -0.2) is 4.98 Å². The van der Waals surface area contributed by atoms with Crippen molar-refractivity contribution in [3.8, 4) is 6.07 Å². The van der Waals surface area contributed by atoms with Crippen LogP contribution in [0.3, 0.4) is 0 Å². The predicted molar refractivity (Wildman–Crippen MR) is 46.3 cm³/mol. The molecule has 0 unspecified atom stereocenters. The molecule has 0 bridgehead atoms. The zero-order valence-corrected chi connectivity index (χ0v) is 7.89. The molecule has 0 amide bonds. The Labute approximate surface area is 87.7 Å². The van der Waals surface area contributed by atoms with Crippen LogP contribution in [0.25, 0.3) is 0 Å². The highest BCUT2D eigenvalue weighted by atomic mass is 35.5. The summed E-state index contributed by atoms with van der Waals surface area (Å²) in [5.74, 6) is -0.227. The molecule has 1 aromatic heterocycles. The van der Waals surface area contributed by atoms with Crippen molar-refractivity contribution >= 4 is 17.4 Å². The highest BCUT2D eigenvalue weighted by Gasteiger charge is 2.27. The van der Waals surface area contributed by atoms with Crippen LogP contribution in [0, 0.1) is 11.3 Å². The molecule has 1 N–H and O–H groups in total. The van der Waals surface area contributed by atoms with Crippen molar-refractivity contribution in [2.45, 2.75) is 6.18 Å². The van der Waals surface area contributed by atoms with Crippen LogP contribution in [0.1, 0.15) is 5.56 Å². The summed E-state index contributed by atoms with van der Waals surface area (Å²) < 4.78 is 35.6. The predicted octanol–water partition coefficient (Wildman–Crippen LogP) is 1.98. The molecular formula is C7H4ClF3N4. The standard InChI is InChI=1S/C7H4ClF3N4/c8-6-13-2-4(1-12)5(15-6)14-3-7(9,10)11/h2H,3H2,(H,13,14,15). The lowest BCUT2D eigenvalue weighted by atomic mass is 10.3. The largest absolute Gasteiger partial charge is 0.405 e. The van der Waals surface area contributed by atoms with Gasteiger partial charge in [-0.1, -0.05) is 0 Å². The molecule has 1 heterocycles. The molecule has 80 valence electrons. The minimum absolute atomic E-state index is 0.0938. The Hall–Kier alpha value is -1.55. The highest BCUT2D eigenvalue weighted by molar-refractivity contribution is 6.28. The number of aromatic nitrogens is 2. The van der Waals surface area contributed by atoms with E-state index in [-0.39, 0.29) is 16.7 Å². The van der Waals surface area contributed by atoms with Gasteiger partial charge in [0.2, 0.25) is 5.28 Å². The highest BCUT2D eigenvalue weighted by Crippen LogP contribution is 2.18. The van der Waals surface area contributed by atoms with Crippen LogP contribution < -0.4 is 5.32 Å². The molecule has 15 heavy (non-hydrogen) atoms. The van der Waals surface area contributed by atoms with Gasteiger partial charge in [-0.2, -0.15) is 23.4 Å². The van der Waals surface area contributed by atoms with Gasteiger partial charge in [0.15, 0.2) is 0 Å². The minimum Gasteiger partial charge on any atom is -0.360 e. The number of hydrogen-bond acceptors (Lipinski definition) is 4. The van der Waals surface area contributed by atoms with Crippen molar-refractivity contribution < 1.29 is 13.2 Å². The molecule has 0 spiro atoms. The first-order chi connectivity index (χ1) is 6.92. The Bertz CT molecular complexity index is 398. The van der Waals surface area contributed by atoms with Crippen LogP contribution in [-0.4, -0.2) is 22.7 Å². The van der Waals surface area contributed by atoms with Crippen molar-refractivity contribution in [2.24, 2.45) is 0 Å². The lowest BCUT2D eigenvalue weighted by Gasteiger charge is -2.09. The van der Waals surface area contributed by atoms with E-state index in [1.165, 1.54) is 0 Å². The number of nitrogens with one attached hydrogen (secondary N) is 1. The molecule has 0 saturated heterocycles. The van der Waals surface area contributed by atoms with Crippen LogP contribution in [0.5, 0.6) is 0 Å². The maximum absolute atomic E-state index is 11.9. The number of nitriles is 1. The average Bonchev–Trinajstić information content (AvgIpc) is 2.14.